The molecule has 0 saturated carbocycles. The largest absolute Gasteiger partial charge is 0.456 e. The summed E-state index contributed by atoms with van der Waals surface area (Å²) in [7, 11) is 0. The predicted octanol–water partition coefficient (Wildman–Crippen LogP) is 15.8. The lowest BCUT2D eigenvalue weighted by Gasteiger charge is -2.13. The van der Waals surface area contributed by atoms with Gasteiger partial charge in [0.25, 0.3) is 0 Å². The first-order valence-corrected chi connectivity index (χ1v) is 21.0. The van der Waals surface area contributed by atoms with Crippen molar-refractivity contribution in [3.63, 3.8) is 0 Å². The molecule has 292 valence electrons. The number of para-hydroxylation sites is 1. The van der Waals surface area contributed by atoms with Crippen LogP contribution < -0.4 is 0 Å². The standard InChI is InChI=1S/C58H34N4O/c1-59-52-23-10-9-17-43(52)39-15-11-16-40(33-39)56-60-57(41-29-31-49-47-20-6-5-18-45(47)46-19-7-8-21-48(46)51(49)34-41)62-58(61-56)42-30-32-50-54(35-42)63-53-24-12-22-44(55(50)53)38-27-25-37(26-28-38)36-13-3-2-4-14-36/h2-35H. The van der Waals surface area contributed by atoms with Crippen molar-refractivity contribution < 1.29 is 4.42 Å². The summed E-state index contributed by atoms with van der Waals surface area (Å²) in [6.07, 6.45) is 0. The van der Waals surface area contributed by atoms with E-state index in [1.165, 1.54) is 38.1 Å². The smallest absolute Gasteiger partial charge is 0.194 e. The van der Waals surface area contributed by atoms with Crippen molar-refractivity contribution in [1.29, 1.82) is 0 Å². The summed E-state index contributed by atoms with van der Waals surface area (Å²) in [4.78, 5) is 19.4. The van der Waals surface area contributed by atoms with Gasteiger partial charge in [0, 0.05) is 27.5 Å². The molecule has 0 N–H and O–H groups in total. The molecule has 0 aliphatic rings. The van der Waals surface area contributed by atoms with E-state index < -0.39 is 0 Å². The Morgan fingerprint density at radius 3 is 1.49 bits per heavy atom. The average molecular weight is 803 g/mol. The number of aromatic nitrogens is 3. The second kappa shape index (κ2) is 14.8. The molecule has 0 saturated heterocycles. The van der Waals surface area contributed by atoms with E-state index in [0.29, 0.717) is 23.2 Å². The van der Waals surface area contributed by atoms with Crippen LogP contribution in [-0.2, 0) is 0 Å². The van der Waals surface area contributed by atoms with Gasteiger partial charge < -0.3 is 4.42 Å². The van der Waals surface area contributed by atoms with Crippen molar-refractivity contribution in [3.8, 4) is 67.5 Å². The highest BCUT2D eigenvalue weighted by atomic mass is 16.3. The normalized spacial score (nSPS) is 11.5. The summed E-state index contributed by atoms with van der Waals surface area (Å²) >= 11 is 0. The maximum Gasteiger partial charge on any atom is 0.194 e. The number of rotatable bonds is 6. The van der Waals surface area contributed by atoms with Gasteiger partial charge in [-0.15, -0.1) is 0 Å². The predicted molar refractivity (Wildman–Crippen MR) is 259 cm³/mol. The van der Waals surface area contributed by atoms with Gasteiger partial charge in [-0.2, -0.15) is 0 Å². The van der Waals surface area contributed by atoms with E-state index in [9.17, 15) is 0 Å². The fourth-order valence-electron chi connectivity index (χ4n) is 9.13. The molecule has 0 unspecified atom stereocenters. The Kier molecular flexibility index (Phi) is 8.48. The minimum absolute atomic E-state index is 0.532. The molecule has 63 heavy (non-hydrogen) atoms. The van der Waals surface area contributed by atoms with Crippen LogP contribution in [0.4, 0.5) is 5.69 Å². The molecule has 0 spiro atoms. The van der Waals surface area contributed by atoms with Gasteiger partial charge in [-0.1, -0.05) is 176 Å². The van der Waals surface area contributed by atoms with Gasteiger partial charge in [-0.3, -0.25) is 0 Å². The van der Waals surface area contributed by atoms with Crippen molar-refractivity contribution in [1.82, 2.24) is 15.0 Å². The highest BCUT2D eigenvalue weighted by Crippen LogP contribution is 2.41. The Hall–Kier alpha value is -8.72. The molecule has 2 heterocycles. The van der Waals surface area contributed by atoms with Crippen molar-refractivity contribution in [2.24, 2.45) is 0 Å². The summed E-state index contributed by atoms with van der Waals surface area (Å²) in [5.74, 6) is 1.63. The molecule has 0 aliphatic carbocycles. The molecule has 12 aromatic rings. The summed E-state index contributed by atoms with van der Waals surface area (Å²) in [5.41, 5.74) is 11.1. The number of benzene rings is 10. The highest BCUT2D eigenvalue weighted by Gasteiger charge is 2.19. The Morgan fingerprint density at radius 2 is 0.794 bits per heavy atom. The van der Waals surface area contributed by atoms with Crippen LogP contribution in [0.3, 0.4) is 0 Å². The number of hydrogen-bond acceptors (Lipinski definition) is 4. The molecular formula is C58H34N4O. The second-order valence-electron chi connectivity index (χ2n) is 15.8. The fourth-order valence-corrected chi connectivity index (χ4v) is 9.13. The molecule has 12 rings (SSSR count). The SMILES string of the molecule is [C-]#[N+]c1ccccc1-c1cccc(-c2nc(-c3ccc4c(c3)oc3cccc(-c5ccc(-c6ccccc6)cc5)c34)nc(-c3ccc4c5ccccc5c5ccccc5c4c3)n2)c1. The summed E-state index contributed by atoms with van der Waals surface area (Å²) in [5, 5.41) is 9.22. The zero-order valence-corrected chi connectivity index (χ0v) is 33.8. The van der Waals surface area contributed by atoms with Crippen LogP contribution in [-0.4, -0.2) is 15.0 Å². The lowest BCUT2D eigenvalue weighted by molar-refractivity contribution is 0.669. The summed E-state index contributed by atoms with van der Waals surface area (Å²) < 4.78 is 6.61. The van der Waals surface area contributed by atoms with Gasteiger partial charge in [-0.05, 0) is 96.0 Å². The van der Waals surface area contributed by atoms with Crippen LogP contribution in [0.25, 0.3) is 127 Å². The molecule has 0 amide bonds. The van der Waals surface area contributed by atoms with E-state index in [-0.39, 0.29) is 0 Å². The minimum atomic E-state index is 0.532. The molecular weight excluding hydrogens is 769 g/mol. The zero-order valence-electron chi connectivity index (χ0n) is 33.8. The fraction of sp³-hybridized carbons (Fsp3) is 0. The Morgan fingerprint density at radius 1 is 0.317 bits per heavy atom. The van der Waals surface area contributed by atoms with Crippen molar-refractivity contribution in [2.45, 2.75) is 0 Å². The van der Waals surface area contributed by atoms with Crippen LogP contribution in [0.2, 0.25) is 0 Å². The topological polar surface area (TPSA) is 56.2 Å². The first kappa shape index (κ1) is 36.2. The Labute approximate surface area is 363 Å². The Bertz CT molecular complexity index is 3770. The maximum atomic E-state index is 7.82. The maximum absolute atomic E-state index is 7.82. The molecule has 0 fully saturated rings. The molecule has 0 bridgehead atoms. The second-order valence-corrected chi connectivity index (χ2v) is 15.8. The minimum Gasteiger partial charge on any atom is -0.456 e. The van der Waals surface area contributed by atoms with Gasteiger partial charge in [0.2, 0.25) is 0 Å². The lowest BCUT2D eigenvalue weighted by atomic mass is 9.93. The molecule has 5 nitrogen and oxygen atoms in total. The lowest BCUT2D eigenvalue weighted by Crippen LogP contribution is -2.00. The van der Waals surface area contributed by atoms with Crippen molar-refractivity contribution in [2.75, 3.05) is 0 Å². The van der Waals surface area contributed by atoms with Gasteiger partial charge in [0.15, 0.2) is 23.2 Å². The first-order chi connectivity index (χ1) is 31.2. The monoisotopic (exact) mass is 802 g/mol. The number of nitrogens with zero attached hydrogens (tertiary/aromatic N) is 4. The molecule has 0 aliphatic heterocycles. The quantitative estimate of drug-likeness (QED) is 0.124. The van der Waals surface area contributed by atoms with Gasteiger partial charge in [0.1, 0.15) is 11.2 Å². The Balaban J connectivity index is 1.02. The van der Waals surface area contributed by atoms with E-state index in [1.807, 2.05) is 60.7 Å². The molecule has 0 radical (unpaired) electrons. The van der Waals surface area contributed by atoms with Crippen LogP contribution in [0, 0.1) is 6.57 Å². The van der Waals surface area contributed by atoms with Crippen LogP contribution >= 0.6 is 0 Å². The molecule has 10 aromatic carbocycles. The van der Waals surface area contributed by atoms with E-state index in [1.54, 1.807) is 0 Å². The average Bonchev–Trinajstić information content (AvgIpc) is 3.75. The number of fused-ring (bicyclic) bond motifs is 9. The van der Waals surface area contributed by atoms with E-state index in [4.69, 9.17) is 25.9 Å². The van der Waals surface area contributed by atoms with E-state index >= 15 is 0 Å². The zero-order chi connectivity index (χ0) is 41.9. The van der Waals surface area contributed by atoms with Crippen molar-refractivity contribution >= 4 is 59.9 Å². The van der Waals surface area contributed by atoms with E-state index in [0.717, 1.165) is 66.3 Å². The van der Waals surface area contributed by atoms with Crippen LogP contribution in [0.1, 0.15) is 0 Å². The summed E-state index contributed by atoms with van der Waals surface area (Å²) in [6.45, 7) is 7.82. The highest BCUT2D eigenvalue weighted by molar-refractivity contribution is 6.25. The first-order valence-electron chi connectivity index (χ1n) is 21.0. The number of furan rings is 1. The third-order valence-electron chi connectivity index (χ3n) is 12.2. The van der Waals surface area contributed by atoms with E-state index in [2.05, 4.69) is 150 Å². The van der Waals surface area contributed by atoms with Gasteiger partial charge in [0.05, 0.1) is 6.57 Å². The molecule has 5 heteroatoms. The van der Waals surface area contributed by atoms with Crippen LogP contribution in [0.15, 0.2) is 211 Å². The number of hydrogen-bond donors (Lipinski definition) is 0. The molecule has 2 aromatic heterocycles. The third kappa shape index (κ3) is 6.20. The third-order valence-corrected chi connectivity index (χ3v) is 12.2. The van der Waals surface area contributed by atoms with Crippen molar-refractivity contribution in [3.05, 3.63) is 218 Å². The van der Waals surface area contributed by atoms with Gasteiger partial charge >= 0.3 is 0 Å². The van der Waals surface area contributed by atoms with Gasteiger partial charge in [-0.25, -0.2) is 19.8 Å². The molecule has 0 atom stereocenters. The van der Waals surface area contributed by atoms with Crippen LogP contribution in [0.5, 0.6) is 0 Å². The summed E-state index contributed by atoms with van der Waals surface area (Å²) in [6, 6.07) is 71.1.